The van der Waals surface area contributed by atoms with E-state index >= 15 is 0 Å². The van der Waals surface area contributed by atoms with Gasteiger partial charge in [-0.25, -0.2) is 0 Å². The summed E-state index contributed by atoms with van der Waals surface area (Å²) in [4.78, 5) is 2.24. The highest BCUT2D eigenvalue weighted by atomic mass is 16.5. The second-order valence-electron chi connectivity index (χ2n) is 6.96. The lowest BCUT2D eigenvalue weighted by Gasteiger charge is -2.27. The van der Waals surface area contributed by atoms with E-state index in [1.165, 1.54) is 0 Å². The molecule has 0 bridgehead atoms. The average molecular weight is 371 g/mol. The summed E-state index contributed by atoms with van der Waals surface area (Å²) in [7, 11) is 1.67. The average Bonchev–Trinajstić information content (AvgIpc) is 3.20. The Labute approximate surface area is 161 Å². The first kappa shape index (κ1) is 19.7. The summed E-state index contributed by atoms with van der Waals surface area (Å²) in [5, 5.41) is 10.5. The van der Waals surface area contributed by atoms with E-state index in [1.807, 2.05) is 48.5 Å². The van der Waals surface area contributed by atoms with Crippen molar-refractivity contribution >= 4 is 0 Å². The molecule has 2 aromatic carbocycles. The van der Waals surface area contributed by atoms with Crippen molar-refractivity contribution in [2.45, 2.75) is 31.6 Å². The summed E-state index contributed by atoms with van der Waals surface area (Å²) < 4.78 is 16.8. The number of ether oxygens (including phenoxy) is 3. The lowest BCUT2D eigenvalue weighted by Crippen LogP contribution is -2.39. The van der Waals surface area contributed by atoms with E-state index in [2.05, 4.69) is 11.0 Å². The molecule has 1 saturated heterocycles. The molecule has 0 radical (unpaired) electrons. The highest BCUT2D eigenvalue weighted by Gasteiger charge is 2.21. The molecule has 0 amide bonds. The van der Waals surface area contributed by atoms with Crippen LogP contribution in [0.2, 0.25) is 0 Å². The highest BCUT2D eigenvalue weighted by Crippen LogP contribution is 2.18. The van der Waals surface area contributed by atoms with Crippen LogP contribution in [0.15, 0.2) is 54.6 Å². The molecule has 3 rings (SSSR count). The van der Waals surface area contributed by atoms with Crippen molar-refractivity contribution in [3.63, 3.8) is 0 Å². The van der Waals surface area contributed by atoms with E-state index < -0.39 is 6.10 Å². The number of aliphatic hydroxyl groups is 1. The molecule has 0 saturated carbocycles. The number of aliphatic hydroxyl groups excluding tert-OH is 1. The molecule has 2 aromatic rings. The van der Waals surface area contributed by atoms with Crippen molar-refractivity contribution in [1.82, 2.24) is 4.90 Å². The van der Waals surface area contributed by atoms with Crippen LogP contribution < -0.4 is 9.47 Å². The Morgan fingerprint density at radius 3 is 2.70 bits per heavy atom. The Morgan fingerprint density at radius 1 is 1.15 bits per heavy atom. The first-order valence-electron chi connectivity index (χ1n) is 9.56. The zero-order chi connectivity index (χ0) is 18.9. The number of hydrogen-bond acceptors (Lipinski definition) is 5. The first-order chi connectivity index (χ1) is 13.2. The fraction of sp³-hybridized carbons (Fsp3) is 0.455. The third kappa shape index (κ3) is 6.54. The maximum absolute atomic E-state index is 10.5. The number of nitrogens with zero attached hydrogens (tertiary/aromatic N) is 1. The maximum atomic E-state index is 10.5. The van der Waals surface area contributed by atoms with Gasteiger partial charge in [-0.15, -0.1) is 0 Å². The topological polar surface area (TPSA) is 51.2 Å². The summed E-state index contributed by atoms with van der Waals surface area (Å²) in [5.74, 6) is 1.62. The Balaban J connectivity index is 1.58. The van der Waals surface area contributed by atoms with Crippen LogP contribution in [0.5, 0.6) is 11.5 Å². The van der Waals surface area contributed by atoms with Gasteiger partial charge in [0, 0.05) is 26.2 Å². The first-order valence-corrected chi connectivity index (χ1v) is 9.56. The zero-order valence-electron chi connectivity index (χ0n) is 15.9. The molecule has 1 aliphatic rings. The molecule has 0 aliphatic carbocycles. The van der Waals surface area contributed by atoms with Crippen molar-refractivity contribution in [3.8, 4) is 11.5 Å². The van der Waals surface area contributed by atoms with Crippen molar-refractivity contribution in [2.24, 2.45) is 0 Å². The molecule has 0 spiro atoms. The van der Waals surface area contributed by atoms with Gasteiger partial charge in [0.05, 0.1) is 13.2 Å². The Kier molecular flexibility index (Phi) is 7.51. The number of hydrogen-bond donors (Lipinski definition) is 1. The van der Waals surface area contributed by atoms with Crippen LogP contribution >= 0.6 is 0 Å². The SMILES string of the molecule is COc1cccc(CN(CC(O)COc2ccccc2)CC2CCCO2)c1. The van der Waals surface area contributed by atoms with Crippen LogP contribution in [-0.2, 0) is 11.3 Å². The molecule has 2 atom stereocenters. The molecule has 1 aliphatic heterocycles. The predicted octanol–water partition coefficient (Wildman–Crippen LogP) is 3.12. The summed E-state index contributed by atoms with van der Waals surface area (Å²) in [6, 6.07) is 17.6. The summed E-state index contributed by atoms with van der Waals surface area (Å²) in [6.07, 6.45) is 1.85. The van der Waals surface area contributed by atoms with Gasteiger partial charge in [0.1, 0.15) is 24.2 Å². The summed E-state index contributed by atoms with van der Waals surface area (Å²) >= 11 is 0. The third-order valence-corrected chi connectivity index (χ3v) is 4.68. The quantitative estimate of drug-likeness (QED) is 0.695. The zero-order valence-corrected chi connectivity index (χ0v) is 15.9. The molecule has 0 aromatic heterocycles. The van der Waals surface area contributed by atoms with Crippen molar-refractivity contribution < 1.29 is 19.3 Å². The van der Waals surface area contributed by atoms with E-state index in [-0.39, 0.29) is 12.7 Å². The van der Waals surface area contributed by atoms with Crippen molar-refractivity contribution in [1.29, 1.82) is 0 Å². The molecule has 1 N–H and O–H groups in total. The minimum atomic E-state index is -0.572. The maximum Gasteiger partial charge on any atom is 0.119 e. The van der Waals surface area contributed by atoms with Crippen LogP contribution in [-0.4, -0.2) is 55.6 Å². The van der Waals surface area contributed by atoms with E-state index in [0.29, 0.717) is 6.54 Å². The molecule has 5 heteroatoms. The van der Waals surface area contributed by atoms with Gasteiger partial charge in [-0.2, -0.15) is 0 Å². The summed E-state index contributed by atoms with van der Waals surface area (Å²) in [6.45, 7) is 3.17. The van der Waals surface area contributed by atoms with Gasteiger partial charge >= 0.3 is 0 Å². The second kappa shape index (κ2) is 10.3. The minimum absolute atomic E-state index is 0.234. The van der Waals surface area contributed by atoms with Gasteiger partial charge in [0.15, 0.2) is 0 Å². The lowest BCUT2D eigenvalue weighted by atomic mass is 10.1. The van der Waals surface area contributed by atoms with E-state index in [9.17, 15) is 5.11 Å². The van der Waals surface area contributed by atoms with Gasteiger partial charge in [-0.1, -0.05) is 30.3 Å². The molecule has 5 nitrogen and oxygen atoms in total. The van der Waals surface area contributed by atoms with Gasteiger partial charge in [-0.3, -0.25) is 4.90 Å². The van der Waals surface area contributed by atoms with Crippen LogP contribution in [0, 0.1) is 0 Å². The molecular formula is C22H29NO4. The van der Waals surface area contributed by atoms with Crippen molar-refractivity contribution in [3.05, 3.63) is 60.2 Å². The Hall–Kier alpha value is -2.08. The molecule has 27 heavy (non-hydrogen) atoms. The smallest absolute Gasteiger partial charge is 0.119 e. The van der Waals surface area contributed by atoms with Crippen LogP contribution in [0.1, 0.15) is 18.4 Å². The van der Waals surface area contributed by atoms with E-state index in [4.69, 9.17) is 14.2 Å². The number of para-hydroxylation sites is 1. The largest absolute Gasteiger partial charge is 0.497 e. The predicted molar refractivity (Wildman–Crippen MR) is 105 cm³/mol. The second-order valence-corrected chi connectivity index (χ2v) is 6.96. The molecule has 2 unspecified atom stereocenters. The van der Waals surface area contributed by atoms with E-state index in [0.717, 1.165) is 49.6 Å². The molecule has 146 valence electrons. The van der Waals surface area contributed by atoms with Gasteiger partial charge < -0.3 is 19.3 Å². The van der Waals surface area contributed by atoms with Crippen LogP contribution in [0.4, 0.5) is 0 Å². The van der Waals surface area contributed by atoms with Crippen LogP contribution in [0.25, 0.3) is 0 Å². The van der Waals surface area contributed by atoms with Gasteiger partial charge in [-0.05, 0) is 42.7 Å². The lowest BCUT2D eigenvalue weighted by molar-refractivity contribution is 0.0313. The van der Waals surface area contributed by atoms with Gasteiger partial charge in [0.2, 0.25) is 0 Å². The number of benzene rings is 2. The number of rotatable bonds is 10. The fourth-order valence-corrected chi connectivity index (χ4v) is 3.37. The third-order valence-electron chi connectivity index (χ3n) is 4.68. The summed E-state index contributed by atoms with van der Waals surface area (Å²) in [5.41, 5.74) is 1.16. The molecule has 1 fully saturated rings. The monoisotopic (exact) mass is 371 g/mol. The minimum Gasteiger partial charge on any atom is -0.497 e. The normalized spacial score (nSPS) is 17.8. The van der Waals surface area contributed by atoms with Crippen molar-refractivity contribution in [2.75, 3.05) is 33.4 Å². The highest BCUT2D eigenvalue weighted by molar-refractivity contribution is 5.28. The Bertz CT molecular complexity index is 673. The number of methoxy groups -OCH3 is 1. The Morgan fingerprint density at radius 2 is 1.96 bits per heavy atom. The molecular weight excluding hydrogens is 342 g/mol. The molecule has 1 heterocycles. The van der Waals surface area contributed by atoms with Gasteiger partial charge in [0.25, 0.3) is 0 Å². The fourth-order valence-electron chi connectivity index (χ4n) is 3.37. The van der Waals surface area contributed by atoms with Crippen LogP contribution in [0.3, 0.4) is 0 Å². The van der Waals surface area contributed by atoms with E-state index in [1.54, 1.807) is 7.11 Å². The standard InChI is InChI=1S/C22H29NO4/c1-25-21-10-5-7-18(13-21)14-23(16-22-11-6-12-26-22)15-19(24)17-27-20-8-3-2-4-9-20/h2-5,7-10,13,19,22,24H,6,11-12,14-17H2,1H3.